The Morgan fingerprint density at radius 3 is 2.04 bits per heavy atom. The molecule has 2 aromatic rings. The molecule has 0 amide bonds. The topological polar surface area (TPSA) is 29.1 Å². The summed E-state index contributed by atoms with van der Waals surface area (Å²) in [6.45, 7) is 0.961. The van der Waals surface area contributed by atoms with Crippen LogP contribution in [-0.2, 0) is 0 Å². The molecule has 0 atom stereocenters. The molecule has 26 heavy (non-hydrogen) atoms. The molecule has 0 unspecified atom stereocenters. The molecule has 140 valence electrons. The van der Waals surface area contributed by atoms with E-state index in [1.54, 1.807) is 0 Å². The van der Waals surface area contributed by atoms with Crippen molar-refractivity contribution in [3.05, 3.63) is 65.7 Å². The van der Waals surface area contributed by atoms with Crippen molar-refractivity contribution in [3.8, 4) is 0 Å². The number of benzene rings is 2. The van der Waals surface area contributed by atoms with Crippen molar-refractivity contribution in [1.29, 1.82) is 0 Å². The van der Waals surface area contributed by atoms with Gasteiger partial charge in [0.05, 0.1) is 0 Å². The maximum absolute atomic E-state index is 12.5. The van der Waals surface area contributed by atoms with E-state index in [2.05, 4.69) is 17.9 Å². The lowest BCUT2D eigenvalue weighted by Gasteiger charge is -2.08. The summed E-state index contributed by atoms with van der Waals surface area (Å²) in [5.74, 6) is 1.09. The molecule has 3 heteroatoms. The third-order valence-corrected chi connectivity index (χ3v) is 4.89. The van der Waals surface area contributed by atoms with E-state index >= 15 is 0 Å². The van der Waals surface area contributed by atoms with E-state index in [-0.39, 0.29) is 5.78 Å². The van der Waals surface area contributed by atoms with Gasteiger partial charge in [0.25, 0.3) is 0 Å². The monoisotopic (exact) mass is 369 g/mol. The molecule has 0 fully saturated rings. The molecule has 0 aliphatic rings. The maximum Gasteiger partial charge on any atom is 0.193 e. The smallest absolute Gasteiger partial charge is 0.193 e. The minimum Gasteiger partial charge on any atom is -0.385 e. The Bertz CT molecular complexity index is 642. The van der Waals surface area contributed by atoms with E-state index in [1.807, 2.05) is 54.6 Å². The highest BCUT2D eigenvalue weighted by Gasteiger charge is 2.08. The van der Waals surface area contributed by atoms with Gasteiger partial charge in [-0.2, -0.15) is 12.6 Å². The summed E-state index contributed by atoms with van der Waals surface area (Å²) in [5.41, 5.74) is 2.50. The second-order valence-corrected chi connectivity index (χ2v) is 7.20. The highest BCUT2D eigenvalue weighted by atomic mass is 32.1. The minimum absolute atomic E-state index is 0.0761. The number of carbonyl (C=O) groups excluding carboxylic acids is 1. The van der Waals surface area contributed by atoms with Crippen molar-refractivity contribution < 1.29 is 4.79 Å². The lowest BCUT2D eigenvalue weighted by molar-refractivity contribution is 0.103. The van der Waals surface area contributed by atoms with E-state index in [0.717, 1.165) is 29.1 Å². The van der Waals surface area contributed by atoms with Crippen molar-refractivity contribution in [2.45, 2.75) is 51.4 Å². The first-order chi connectivity index (χ1) is 12.8. The second-order valence-electron chi connectivity index (χ2n) is 6.75. The van der Waals surface area contributed by atoms with Crippen LogP contribution in [0.25, 0.3) is 0 Å². The third kappa shape index (κ3) is 7.65. The van der Waals surface area contributed by atoms with Gasteiger partial charge in [-0.15, -0.1) is 0 Å². The number of carbonyl (C=O) groups is 1. The van der Waals surface area contributed by atoms with Gasteiger partial charge in [0.2, 0.25) is 0 Å². The van der Waals surface area contributed by atoms with Crippen molar-refractivity contribution in [1.82, 2.24) is 0 Å². The van der Waals surface area contributed by atoms with Gasteiger partial charge in [0.1, 0.15) is 0 Å². The number of hydrogen-bond acceptors (Lipinski definition) is 3. The Morgan fingerprint density at radius 1 is 0.731 bits per heavy atom. The number of anilines is 1. The first kappa shape index (κ1) is 20.6. The molecule has 0 spiro atoms. The fourth-order valence-electron chi connectivity index (χ4n) is 3.06. The van der Waals surface area contributed by atoms with Crippen LogP contribution in [0.15, 0.2) is 54.6 Å². The summed E-state index contributed by atoms with van der Waals surface area (Å²) in [5, 5.41) is 3.45. The third-order valence-electron chi connectivity index (χ3n) is 4.57. The zero-order chi connectivity index (χ0) is 18.5. The summed E-state index contributed by atoms with van der Waals surface area (Å²) in [7, 11) is 0. The Balaban J connectivity index is 1.65. The van der Waals surface area contributed by atoms with Gasteiger partial charge in [0, 0.05) is 23.4 Å². The summed E-state index contributed by atoms with van der Waals surface area (Å²) in [6, 6.07) is 17.3. The second kappa shape index (κ2) is 12.6. The van der Waals surface area contributed by atoms with E-state index in [1.165, 1.54) is 51.4 Å². The lowest BCUT2D eigenvalue weighted by atomic mass is 10.0. The van der Waals surface area contributed by atoms with Gasteiger partial charge >= 0.3 is 0 Å². The van der Waals surface area contributed by atoms with Crippen LogP contribution < -0.4 is 5.32 Å². The number of rotatable bonds is 13. The van der Waals surface area contributed by atoms with Crippen molar-refractivity contribution in [2.24, 2.45) is 0 Å². The van der Waals surface area contributed by atoms with Gasteiger partial charge in [-0.25, -0.2) is 0 Å². The Hall–Kier alpha value is -1.74. The van der Waals surface area contributed by atoms with Crippen LogP contribution in [0.3, 0.4) is 0 Å². The first-order valence-electron chi connectivity index (χ1n) is 9.86. The molecule has 2 rings (SSSR count). The molecule has 2 nitrogen and oxygen atoms in total. The number of hydrogen-bond donors (Lipinski definition) is 2. The molecule has 0 aromatic heterocycles. The zero-order valence-corrected chi connectivity index (χ0v) is 16.5. The zero-order valence-electron chi connectivity index (χ0n) is 15.6. The fourth-order valence-corrected chi connectivity index (χ4v) is 3.28. The fraction of sp³-hybridized carbons (Fsp3) is 0.435. The highest BCUT2D eigenvalue weighted by molar-refractivity contribution is 7.80. The predicted octanol–water partition coefficient (Wildman–Crippen LogP) is 6.38. The van der Waals surface area contributed by atoms with E-state index in [9.17, 15) is 4.79 Å². The van der Waals surface area contributed by atoms with Crippen LogP contribution in [0.5, 0.6) is 0 Å². The normalized spacial score (nSPS) is 10.7. The molecule has 0 heterocycles. The molecule has 1 N–H and O–H groups in total. The Kier molecular flexibility index (Phi) is 9.96. The summed E-state index contributed by atoms with van der Waals surface area (Å²) < 4.78 is 0. The number of nitrogens with one attached hydrogen (secondary N) is 1. The number of thiol groups is 1. The molecule has 0 bridgehead atoms. The standard InChI is InChI=1S/C23H31NOS/c25-23(20-13-8-7-9-14-20)21-15-12-16-22(19-21)24-17-10-5-3-1-2-4-6-11-18-26/h7-9,12-16,19,24,26H,1-6,10-11,17-18H2. The average molecular weight is 370 g/mol. The van der Waals surface area contributed by atoms with Gasteiger partial charge in [-0.1, -0.05) is 81.0 Å². The van der Waals surface area contributed by atoms with Gasteiger partial charge in [-0.3, -0.25) is 4.79 Å². The van der Waals surface area contributed by atoms with Crippen LogP contribution in [0, 0.1) is 0 Å². The number of ketones is 1. The van der Waals surface area contributed by atoms with Crippen molar-refractivity contribution in [2.75, 3.05) is 17.6 Å². The van der Waals surface area contributed by atoms with Crippen molar-refractivity contribution in [3.63, 3.8) is 0 Å². The number of unbranched alkanes of at least 4 members (excludes halogenated alkanes) is 7. The van der Waals surface area contributed by atoms with E-state index in [4.69, 9.17) is 0 Å². The SMILES string of the molecule is O=C(c1ccccc1)c1cccc(NCCCCCCCCCCS)c1. The average Bonchev–Trinajstić information content (AvgIpc) is 2.70. The summed E-state index contributed by atoms with van der Waals surface area (Å²) in [6.07, 6.45) is 10.4. The van der Waals surface area contributed by atoms with Crippen LogP contribution in [0.2, 0.25) is 0 Å². The summed E-state index contributed by atoms with van der Waals surface area (Å²) in [4.78, 5) is 12.5. The molecule has 0 aliphatic heterocycles. The van der Waals surface area contributed by atoms with E-state index < -0.39 is 0 Å². The highest BCUT2D eigenvalue weighted by Crippen LogP contribution is 2.15. The van der Waals surface area contributed by atoms with Crippen molar-refractivity contribution >= 4 is 24.1 Å². The molecule has 0 saturated heterocycles. The lowest BCUT2D eigenvalue weighted by Crippen LogP contribution is -2.04. The van der Waals surface area contributed by atoms with Crippen LogP contribution in [0.4, 0.5) is 5.69 Å². The largest absolute Gasteiger partial charge is 0.385 e. The molecular weight excluding hydrogens is 338 g/mol. The van der Waals surface area contributed by atoms with Gasteiger partial charge in [-0.05, 0) is 30.7 Å². The predicted molar refractivity (Wildman–Crippen MR) is 116 cm³/mol. The Labute approximate surface area is 163 Å². The Morgan fingerprint density at radius 2 is 1.35 bits per heavy atom. The first-order valence-corrected chi connectivity index (χ1v) is 10.5. The molecule has 2 aromatic carbocycles. The molecular formula is C23H31NOS. The quantitative estimate of drug-likeness (QED) is 0.244. The van der Waals surface area contributed by atoms with Crippen LogP contribution in [-0.4, -0.2) is 18.1 Å². The minimum atomic E-state index is 0.0761. The summed E-state index contributed by atoms with van der Waals surface area (Å²) >= 11 is 4.24. The van der Waals surface area contributed by atoms with Gasteiger partial charge < -0.3 is 5.32 Å². The van der Waals surface area contributed by atoms with E-state index in [0.29, 0.717) is 0 Å². The molecule has 0 radical (unpaired) electrons. The maximum atomic E-state index is 12.5. The molecule has 0 aliphatic carbocycles. The molecule has 0 saturated carbocycles. The van der Waals surface area contributed by atoms with Crippen LogP contribution in [0.1, 0.15) is 67.3 Å². The van der Waals surface area contributed by atoms with Crippen LogP contribution >= 0.6 is 12.6 Å². The van der Waals surface area contributed by atoms with Gasteiger partial charge in [0.15, 0.2) is 5.78 Å².